The molecule has 0 amide bonds. The predicted octanol–water partition coefficient (Wildman–Crippen LogP) is 8.17. The van der Waals surface area contributed by atoms with E-state index in [4.69, 9.17) is 0 Å². The number of hydrogen-bond donors (Lipinski definition) is 0. The van der Waals surface area contributed by atoms with Gasteiger partial charge in [-0.05, 0) is 69.4 Å². The van der Waals surface area contributed by atoms with Crippen LogP contribution in [0.1, 0.15) is 29.5 Å². The number of allylic oxidation sites excluding steroid dienone is 4. The van der Waals surface area contributed by atoms with E-state index in [0.717, 1.165) is 51.1 Å². The van der Waals surface area contributed by atoms with Crippen molar-refractivity contribution in [3.05, 3.63) is 131 Å². The Bertz CT molecular complexity index is 1740. The Balaban J connectivity index is 1.70. The molecule has 0 saturated heterocycles. The van der Waals surface area contributed by atoms with Crippen LogP contribution in [-0.4, -0.2) is 0 Å². The van der Waals surface area contributed by atoms with Crippen molar-refractivity contribution in [2.75, 3.05) is 0 Å². The summed E-state index contributed by atoms with van der Waals surface area (Å²) < 4.78 is 0. The summed E-state index contributed by atoms with van der Waals surface area (Å²) in [6.45, 7) is 0. The molecule has 158 valence electrons. The van der Waals surface area contributed by atoms with E-state index in [1.165, 1.54) is 16.3 Å². The molecule has 1 aliphatic carbocycles. The summed E-state index contributed by atoms with van der Waals surface area (Å²) in [7, 11) is 0. The van der Waals surface area contributed by atoms with Gasteiger partial charge < -0.3 is 0 Å². The highest BCUT2D eigenvalue weighted by molar-refractivity contribution is 6.13. The van der Waals surface area contributed by atoms with E-state index in [0.29, 0.717) is 0 Å². The molecule has 0 spiro atoms. The third kappa shape index (κ3) is 3.77. The van der Waals surface area contributed by atoms with Crippen LogP contribution in [0, 0.1) is 23.7 Å². The van der Waals surface area contributed by atoms with Gasteiger partial charge in [-0.1, -0.05) is 109 Å². The molecule has 0 heteroatoms. The van der Waals surface area contributed by atoms with Crippen LogP contribution < -0.4 is 0 Å². The van der Waals surface area contributed by atoms with Crippen molar-refractivity contribution in [1.82, 2.24) is 0 Å². The van der Waals surface area contributed by atoms with Gasteiger partial charge in [0.25, 0.3) is 0 Å². The maximum Gasteiger partial charge on any atom is 0.0407 e. The molecule has 0 heterocycles. The van der Waals surface area contributed by atoms with E-state index in [2.05, 4.69) is 115 Å². The molecular formula is C34H22. The lowest BCUT2D eigenvalue weighted by molar-refractivity contribution is 1.000. The maximum absolute atomic E-state index is 3.57. The van der Waals surface area contributed by atoms with Crippen LogP contribution in [-0.2, 0) is 0 Å². The zero-order valence-electron chi connectivity index (χ0n) is 18.8. The first-order valence-electron chi connectivity index (χ1n) is 11.7. The number of rotatable bonds is 0. The Morgan fingerprint density at radius 1 is 0.529 bits per heavy atom. The predicted molar refractivity (Wildman–Crippen MR) is 145 cm³/mol. The Labute approximate surface area is 200 Å². The van der Waals surface area contributed by atoms with Gasteiger partial charge in [0.15, 0.2) is 0 Å². The molecule has 0 aliphatic heterocycles. The second-order valence-electron chi connectivity index (χ2n) is 8.57. The molecule has 5 aromatic rings. The van der Waals surface area contributed by atoms with Crippen molar-refractivity contribution in [2.45, 2.75) is 12.8 Å². The van der Waals surface area contributed by atoms with E-state index < -0.39 is 0 Å². The number of benzene rings is 5. The molecular weight excluding hydrogens is 408 g/mol. The Kier molecular flexibility index (Phi) is 5.20. The van der Waals surface area contributed by atoms with Crippen LogP contribution >= 0.6 is 0 Å². The summed E-state index contributed by atoms with van der Waals surface area (Å²) in [5, 5.41) is 7.05. The van der Waals surface area contributed by atoms with E-state index >= 15 is 0 Å². The average Bonchev–Trinajstić information content (AvgIpc) is 2.91. The lowest BCUT2D eigenvalue weighted by atomic mass is 9.90. The van der Waals surface area contributed by atoms with Gasteiger partial charge in [0, 0.05) is 22.3 Å². The fourth-order valence-electron chi connectivity index (χ4n) is 4.64. The number of fused-ring (bicyclic) bond motifs is 3. The van der Waals surface area contributed by atoms with Crippen molar-refractivity contribution < 1.29 is 0 Å². The van der Waals surface area contributed by atoms with Gasteiger partial charge in [-0.15, -0.1) is 0 Å². The molecule has 6 rings (SSSR count). The zero-order valence-corrected chi connectivity index (χ0v) is 18.8. The molecule has 0 fully saturated rings. The quantitative estimate of drug-likeness (QED) is 0.172. The first-order valence-corrected chi connectivity index (χ1v) is 11.7. The summed E-state index contributed by atoms with van der Waals surface area (Å²) in [5.41, 5.74) is 4.35. The normalized spacial score (nSPS) is 12.6. The minimum absolute atomic E-state index is 1.00. The molecule has 0 aromatic heterocycles. The van der Waals surface area contributed by atoms with Crippen LogP contribution in [0.4, 0.5) is 0 Å². The first-order chi connectivity index (χ1) is 16.9. The Morgan fingerprint density at radius 3 is 1.74 bits per heavy atom. The van der Waals surface area contributed by atoms with E-state index in [1.54, 1.807) is 0 Å². The molecule has 0 N–H and O–H groups in total. The molecule has 0 saturated carbocycles. The molecule has 0 unspecified atom stereocenters. The molecule has 5 aromatic carbocycles. The molecule has 0 radical (unpaired) electrons. The molecule has 0 nitrogen and oxygen atoms in total. The molecule has 0 bridgehead atoms. The Morgan fingerprint density at radius 2 is 1.12 bits per heavy atom. The first kappa shape index (κ1) is 20.1. The summed E-state index contributed by atoms with van der Waals surface area (Å²) in [5.74, 6) is 14.0. The van der Waals surface area contributed by atoms with E-state index in [-0.39, 0.29) is 0 Å². The summed E-state index contributed by atoms with van der Waals surface area (Å²) in [6.07, 6.45) is 8.50. The van der Waals surface area contributed by atoms with Crippen LogP contribution in [0.15, 0.2) is 115 Å². The smallest absolute Gasteiger partial charge is 0.0407 e. The summed E-state index contributed by atoms with van der Waals surface area (Å²) in [6, 6.07) is 31.8. The third-order valence-electron chi connectivity index (χ3n) is 6.36. The van der Waals surface area contributed by atoms with Gasteiger partial charge in [-0.25, -0.2) is 0 Å². The van der Waals surface area contributed by atoms with E-state index in [1.807, 2.05) is 18.2 Å². The summed E-state index contributed by atoms with van der Waals surface area (Å²) >= 11 is 0. The van der Waals surface area contributed by atoms with E-state index in [9.17, 15) is 0 Å². The van der Waals surface area contributed by atoms with Gasteiger partial charge in [0.2, 0.25) is 0 Å². The highest BCUT2D eigenvalue weighted by Crippen LogP contribution is 2.35. The number of hydrogen-bond acceptors (Lipinski definition) is 0. The highest BCUT2D eigenvalue weighted by Gasteiger charge is 2.13. The fraction of sp³-hybridized carbons (Fsp3) is 0.0588. The topological polar surface area (TPSA) is 0 Å². The highest BCUT2D eigenvalue weighted by atomic mass is 14.1. The van der Waals surface area contributed by atoms with Crippen molar-refractivity contribution in [3.8, 4) is 23.7 Å². The largest absolute Gasteiger partial charge is 0.0842 e. The van der Waals surface area contributed by atoms with Crippen LogP contribution in [0.25, 0.3) is 32.3 Å². The van der Waals surface area contributed by atoms with Gasteiger partial charge in [0.05, 0.1) is 0 Å². The molecule has 34 heavy (non-hydrogen) atoms. The van der Waals surface area contributed by atoms with Gasteiger partial charge in [-0.2, -0.15) is 0 Å². The summed E-state index contributed by atoms with van der Waals surface area (Å²) in [4.78, 5) is 0. The SMILES string of the molecule is C(#Cc1c2ccccc2c(C#Cc2ccccc2)c2cc3ccccc3cc12)C1=CC=CCC1. The monoisotopic (exact) mass is 430 g/mol. The van der Waals surface area contributed by atoms with Gasteiger partial charge >= 0.3 is 0 Å². The second kappa shape index (κ2) is 8.78. The van der Waals surface area contributed by atoms with Crippen molar-refractivity contribution in [2.24, 2.45) is 0 Å². The minimum atomic E-state index is 1.00. The second-order valence-corrected chi connectivity index (χ2v) is 8.57. The van der Waals surface area contributed by atoms with Crippen molar-refractivity contribution >= 4 is 32.3 Å². The lowest BCUT2D eigenvalue weighted by Crippen LogP contribution is -1.92. The standard InChI is InChI=1S/C34H22/c1-3-11-25(12-4-1)19-21-31-29-17-9-10-18-30(29)32(22-20-26-13-5-2-6-14-26)34-24-28-16-8-7-15-27(28)23-33(31)34/h1-5,7-13,15-18,23-24H,6,14H2. The molecule has 1 aliphatic rings. The van der Waals surface area contributed by atoms with Gasteiger partial charge in [-0.3, -0.25) is 0 Å². The lowest BCUT2D eigenvalue weighted by Gasteiger charge is -2.12. The van der Waals surface area contributed by atoms with Crippen molar-refractivity contribution in [3.63, 3.8) is 0 Å². The zero-order chi connectivity index (χ0) is 22.7. The van der Waals surface area contributed by atoms with Crippen LogP contribution in [0.3, 0.4) is 0 Å². The fourth-order valence-corrected chi connectivity index (χ4v) is 4.64. The third-order valence-corrected chi connectivity index (χ3v) is 6.36. The van der Waals surface area contributed by atoms with Crippen LogP contribution in [0.2, 0.25) is 0 Å². The Hall–Kier alpha value is -4.52. The van der Waals surface area contributed by atoms with Crippen LogP contribution in [0.5, 0.6) is 0 Å². The molecule has 0 atom stereocenters. The van der Waals surface area contributed by atoms with Gasteiger partial charge in [0.1, 0.15) is 0 Å². The minimum Gasteiger partial charge on any atom is -0.0842 e. The van der Waals surface area contributed by atoms with Crippen molar-refractivity contribution in [1.29, 1.82) is 0 Å². The maximum atomic E-state index is 3.57. The average molecular weight is 431 g/mol.